The molecule has 1 rings (SSSR count). The fourth-order valence-corrected chi connectivity index (χ4v) is 2.23. The van der Waals surface area contributed by atoms with Gasteiger partial charge in [-0.05, 0) is 6.92 Å². The number of nitrogens with zero attached hydrogens (tertiary/aromatic N) is 1. The Labute approximate surface area is 79.8 Å². The van der Waals surface area contributed by atoms with Gasteiger partial charge in [-0.3, -0.25) is 4.79 Å². The molecule has 0 aromatic rings. The van der Waals surface area contributed by atoms with E-state index in [0.717, 1.165) is 24.6 Å². The number of hydrogen-bond acceptors (Lipinski definition) is 2. The molecular weight excluding hydrogens is 226 g/mol. The van der Waals surface area contributed by atoms with Crippen LogP contribution in [-0.2, 0) is 4.79 Å². The zero-order chi connectivity index (χ0) is 8.27. The van der Waals surface area contributed by atoms with Gasteiger partial charge < -0.3 is 4.90 Å². The van der Waals surface area contributed by atoms with Crippen molar-refractivity contribution in [3.05, 3.63) is 0 Å². The fraction of sp³-hybridized carbons (Fsp3) is 0.857. The number of alkyl halides is 1. The molecule has 0 aromatic carbocycles. The highest BCUT2D eigenvalue weighted by atomic mass is 79.9. The van der Waals surface area contributed by atoms with Gasteiger partial charge in [-0.15, -0.1) is 0 Å². The lowest BCUT2D eigenvalue weighted by molar-refractivity contribution is -0.129. The van der Waals surface area contributed by atoms with Crippen LogP contribution in [0.2, 0.25) is 0 Å². The van der Waals surface area contributed by atoms with Gasteiger partial charge in [0.1, 0.15) is 0 Å². The molecular formula is C7H12BrNOS. The van der Waals surface area contributed by atoms with Crippen LogP contribution in [0.15, 0.2) is 0 Å². The third kappa shape index (κ3) is 2.67. The fourth-order valence-electron chi connectivity index (χ4n) is 1.04. The van der Waals surface area contributed by atoms with Crippen molar-refractivity contribution < 1.29 is 4.79 Å². The predicted octanol–water partition coefficient (Wildman–Crippen LogP) is 1.35. The Bertz CT molecular complexity index is 145. The Morgan fingerprint density at radius 1 is 1.55 bits per heavy atom. The molecule has 1 saturated heterocycles. The third-order valence-corrected chi connectivity index (χ3v) is 3.00. The molecule has 1 heterocycles. The second-order valence-electron chi connectivity index (χ2n) is 2.55. The van der Waals surface area contributed by atoms with Crippen LogP contribution < -0.4 is 0 Å². The molecule has 64 valence electrons. The van der Waals surface area contributed by atoms with Gasteiger partial charge in [-0.25, -0.2) is 0 Å². The van der Waals surface area contributed by atoms with E-state index in [1.54, 1.807) is 0 Å². The second-order valence-corrected chi connectivity index (χ2v) is 5.15. The maximum Gasteiger partial charge on any atom is 0.236 e. The van der Waals surface area contributed by atoms with Crippen LogP contribution in [0.25, 0.3) is 0 Å². The summed E-state index contributed by atoms with van der Waals surface area (Å²) in [5.41, 5.74) is 0. The molecule has 2 nitrogen and oxygen atoms in total. The Kier molecular flexibility index (Phi) is 3.72. The van der Waals surface area contributed by atoms with Gasteiger partial charge in [0, 0.05) is 24.6 Å². The monoisotopic (exact) mass is 237 g/mol. The Hall–Kier alpha value is 0.300. The van der Waals surface area contributed by atoms with Crippen LogP contribution in [0.5, 0.6) is 0 Å². The molecule has 0 aromatic heterocycles. The molecule has 1 aliphatic rings. The zero-order valence-corrected chi connectivity index (χ0v) is 8.95. The van der Waals surface area contributed by atoms with Gasteiger partial charge in [0.15, 0.2) is 0 Å². The molecule has 1 aliphatic heterocycles. The van der Waals surface area contributed by atoms with E-state index in [-0.39, 0.29) is 10.7 Å². The number of thioether (sulfide) groups is 1. The highest BCUT2D eigenvalue weighted by molar-refractivity contribution is 9.10. The van der Waals surface area contributed by atoms with E-state index in [9.17, 15) is 4.79 Å². The van der Waals surface area contributed by atoms with E-state index in [4.69, 9.17) is 0 Å². The highest BCUT2D eigenvalue weighted by Crippen LogP contribution is 2.12. The van der Waals surface area contributed by atoms with Crippen molar-refractivity contribution in [3.8, 4) is 0 Å². The molecule has 0 spiro atoms. The van der Waals surface area contributed by atoms with E-state index < -0.39 is 0 Å². The molecule has 11 heavy (non-hydrogen) atoms. The molecule has 1 atom stereocenters. The minimum atomic E-state index is -0.0226. The molecule has 0 radical (unpaired) electrons. The standard InChI is InChI=1S/C7H12BrNOS/c1-6(8)7(10)9-2-4-11-5-3-9/h6H,2-5H2,1H3. The summed E-state index contributed by atoms with van der Waals surface area (Å²) in [7, 11) is 0. The van der Waals surface area contributed by atoms with Crippen molar-refractivity contribution in [3.63, 3.8) is 0 Å². The smallest absolute Gasteiger partial charge is 0.236 e. The third-order valence-electron chi connectivity index (χ3n) is 1.66. The maximum atomic E-state index is 11.4. The Morgan fingerprint density at radius 2 is 2.09 bits per heavy atom. The lowest BCUT2D eigenvalue weighted by Gasteiger charge is -2.27. The zero-order valence-electron chi connectivity index (χ0n) is 6.55. The van der Waals surface area contributed by atoms with E-state index in [0.29, 0.717) is 0 Å². The summed E-state index contributed by atoms with van der Waals surface area (Å²) in [5, 5.41) is 0. The summed E-state index contributed by atoms with van der Waals surface area (Å²) in [6.45, 7) is 3.71. The van der Waals surface area contributed by atoms with Gasteiger partial charge in [0.2, 0.25) is 5.91 Å². The van der Waals surface area contributed by atoms with Gasteiger partial charge in [0.25, 0.3) is 0 Å². The average Bonchev–Trinajstić information content (AvgIpc) is 2.05. The minimum absolute atomic E-state index is 0.0226. The van der Waals surface area contributed by atoms with Crippen LogP contribution in [0.4, 0.5) is 0 Å². The van der Waals surface area contributed by atoms with Gasteiger partial charge in [-0.1, -0.05) is 15.9 Å². The summed E-state index contributed by atoms with van der Waals surface area (Å²) in [5.74, 6) is 2.40. The van der Waals surface area contributed by atoms with Crippen LogP contribution in [0, 0.1) is 0 Å². The van der Waals surface area contributed by atoms with Crippen molar-refractivity contribution in [1.82, 2.24) is 4.90 Å². The van der Waals surface area contributed by atoms with Gasteiger partial charge >= 0.3 is 0 Å². The first-order valence-electron chi connectivity index (χ1n) is 3.72. The van der Waals surface area contributed by atoms with E-state index >= 15 is 0 Å². The largest absolute Gasteiger partial charge is 0.340 e. The Balaban J connectivity index is 2.39. The van der Waals surface area contributed by atoms with Gasteiger partial charge in [-0.2, -0.15) is 11.8 Å². The van der Waals surface area contributed by atoms with Crippen LogP contribution >= 0.6 is 27.7 Å². The second kappa shape index (κ2) is 4.36. The lowest BCUT2D eigenvalue weighted by atomic mass is 10.4. The van der Waals surface area contributed by atoms with Crippen LogP contribution in [-0.4, -0.2) is 40.2 Å². The highest BCUT2D eigenvalue weighted by Gasteiger charge is 2.19. The van der Waals surface area contributed by atoms with E-state index in [1.165, 1.54) is 0 Å². The molecule has 1 unspecified atom stereocenters. The summed E-state index contributed by atoms with van der Waals surface area (Å²) >= 11 is 5.20. The van der Waals surface area contributed by atoms with Gasteiger partial charge in [0.05, 0.1) is 4.83 Å². The summed E-state index contributed by atoms with van der Waals surface area (Å²) in [4.78, 5) is 13.3. The molecule has 1 fully saturated rings. The molecule has 4 heteroatoms. The van der Waals surface area contributed by atoms with Crippen molar-refractivity contribution in [2.45, 2.75) is 11.8 Å². The molecule has 0 N–H and O–H groups in total. The maximum absolute atomic E-state index is 11.4. The molecule has 0 saturated carbocycles. The number of carbonyl (C=O) groups excluding carboxylic acids is 1. The van der Waals surface area contributed by atoms with Crippen LogP contribution in [0.3, 0.4) is 0 Å². The van der Waals surface area contributed by atoms with Crippen molar-refractivity contribution in [2.75, 3.05) is 24.6 Å². The first-order valence-corrected chi connectivity index (χ1v) is 5.79. The summed E-state index contributed by atoms with van der Waals surface area (Å²) in [6, 6.07) is 0. The first-order chi connectivity index (χ1) is 5.22. The number of halogens is 1. The first kappa shape index (κ1) is 9.39. The quantitative estimate of drug-likeness (QED) is 0.642. The predicted molar refractivity (Wildman–Crippen MR) is 52.3 cm³/mol. The minimum Gasteiger partial charge on any atom is -0.340 e. The lowest BCUT2D eigenvalue weighted by Crippen LogP contribution is -2.41. The van der Waals surface area contributed by atoms with Crippen molar-refractivity contribution in [1.29, 1.82) is 0 Å². The van der Waals surface area contributed by atoms with Crippen molar-refractivity contribution >= 4 is 33.6 Å². The Morgan fingerprint density at radius 3 is 2.55 bits per heavy atom. The number of carbonyl (C=O) groups is 1. The SMILES string of the molecule is CC(Br)C(=O)N1CCSCC1. The number of hydrogen-bond donors (Lipinski definition) is 0. The number of rotatable bonds is 1. The van der Waals surface area contributed by atoms with E-state index in [2.05, 4.69) is 15.9 Å². The average molecular weight is 238 g/mol. The normalized spacial score (nSPS) is 21.5. The molecule has 0 bridgehead atoms. The van der Waals surface area contributed by atoms with Crippen LogP contribution in [0.1, 0.15) is 6.92 Å². The van der Waals surface area contributed by atoms with Crippen molar-refractivity contribution in [2.24, 2.45) is 0 Å². The summed E-state index contributed by atoms with van der Waals surface area (Å²) < 4.78 is 0. The topological polar surface area (TPSA) is 20.3 Å². The summed E-state index contributed by atoms with van der Waals surface area (Å²) in [6.07, 6.45) is 0. The molecule has 0 aliphatic carbocycles. The van der Waals surface area contributed by atoms with E-state index in [1.807, 2.05) is 23.6 Å². The number of amides is 1. The molecule has 1 amide bonds.